The predicted octanol–water partition coefficient (Wildman–Crippen LogP) is 9.36. The average molecular weight is 489 g/mol. The Morgan fingerprint density at radius 1 is 0.784 bits per heavy atom. The van der Waals surface area contributed by atoms with E-state index in [1.807, 2.05) is 6.20 Å². The molecule has 0 N–H and O–H groups in total. The summed E-state index contributed by atoms with van der Waals surface area (Å²) in [6.45, 7) is 18.1. The predicted molar refractivity (Wildman–Crippen MR) is 154 cm³/mol. The number of pyridine rings is 2. The van der Waals surface area contributed by atoms with Crippen molar-refractivity contribution in [3.8, 4) is 22.4 Å². The molecule has 3 nitrogen and oxygen atoms in total. The van der Waals surface area contributed by atoms with E-state index >= 15 is 0 Å². The van der Waals surface area contributed by atoms with Crippen molar-refractivity contribution in [1.82, 2.24) is 9.97 Å². The Balaban J connectivity index is 1.68. The van der Waals surface area contributed by atoms with E-state index in [0.717, 1.165) is 44.6 Å². The molecule has 0 saturated carbocycles. The number of hydrogen-bond donors (Lipinski definition) is 0. The first-order valence-electron chi connectivity index (χ1n) is 13.6. The van der Waals surface area contributed by atoms with Gasteiger partial charge in [0.25, 0.3) is 0 Å². The molecule has 3 aromatic heterocycles. The second-order valence-corrected chi connectivity index (χ2v) is 11.8. The van der Waals surface area contributed by atoms with Gasteiger partial charge in [-0.25, -0.2) is 4.98 Å². The third-order valence-corrected chi connectivity index (χ3v) is 8.74. The molecule has 0 unspecified atom stereocenters. The molecule has 0 atom stereocenters. The summed E-state index contributed by atoms with van der Waals surface area (Å²) >= 11 is 0. The van der Waals surface area contributed by atoms with Gasteiger partial charge in [0.1, 0.15) is 5.58 Å². The molecule has 0 aliphatic heterocycles. The molecule has 0 bridgehead atoms. The molecule has 0 spiro atoms. The van der Waals surface area contributed by atoms with Crippen LogP contribution in [0.1, 0.15) is 75.4 Å². The summed E-state index contributed by atoms with van der Waals surface area (Å²) in [4.78, 5) is 10.2. The quantitative estimate of drug-likeness (QED) is 0.253. The first-order valence-corrected chi connectivity index (χ1v) is 13.6. The number of nitrogens with zero attached hydrogens (tertiary/aromatic N) is 2. The topological polar surface area (TPSA) is 38.9 Å². The van der Waals surface area contributed by atoms with Crippen LogP contribution in [0.25, 0.3) is 44.5 Å². The van der Waals surface area contributed by atoms with Crippen LogP contribution in [0.4, 0.5) is 0 Å². The molecule has 1 aliphatic carbocycles. The van der Waals surface area contributed by atoms with Gasteiger partial charge in [0, 0.05) is 33.5 Å². The van der Waals surface area contributed by atoms with Crippen molar-refractivity contribution in [2.75, 3.05) is 0 Å². The summed E-state index contributed by atoms with van der Waals surface area (Å²) in [5, 5.41) is 2.17. The lowest BCUT2D eigenvalue weighted by atomic mass is 9.64. The van der Waals surface area contributed by atoms with Crippen LogP contribution >= 0.6 is 0 Å². The Morgan fingerprint density at radius 2 is 1.51 bits per heavy atom. The lowest BCUT2D eigenvalue weighted by Crippen LogP contribution is -2.38. The van der Waals surface area contributed by atoms with Crippen LogP contribution in [-0.2, 0) is 5.41 Å². The number of aryl methyl sites for hydroxylation is 2. The van der Waals surface area contributed by atoms with Gasteiger partial charge >= 0.3 is 0 Å². The molecule has 6 rings (SSSR count). The van der Waals surface area contributed by atoms with Crippen molar-refractivity contribution in [2.24, 2.45) is 11.8 Å². The number of furan rings is 1. The number of rotatable bonds is 4. The van der Waals surface area contributed by atoms with Crippen LogP contribution in [0.5, 0.6) is 0 Å². The maximum absolute atomic E-state index is 6.68. The average Bonchev–Trinajstić information content (AvgIpc) is 3.36. The standard InChI is InChI=1S/C34H36N2O/c1-18(2)25-16-29(35-17-22(25)8)30-21(7)13-14-24-27-15-26-23-11-9-10-12-28(23)34(19(3)4,20(5)6)32(26)36-33(27)37-31(24)30/h9-20H,1-8H3. The van der Waals surface area contributed by atoms with Crippen LogP contribution in [0.2, 0.25) is 0 Å². The summed E-state index contributed by atoms with van der Waals surface area (Å²) in [5.41, 5.74) is 12.3. The van der Waals surface area contributed by atoms with Crippen LogP contribution in [0.15, 0.2) is 59.1 Å². The number of hydrogen-bond acceptors (Lipinski definition) is 3. The maximum atomic E-state index is 6.68. The smallest absolute Gasteiger partial charge is 0.227 e. The second kappa shape index (κ2) is 8.28. The first kappa shape index (κ1) is 23.9. The molecule has 37 heavy (non-hydrogen) atoms. The van der Waals surface area contributed by atoms with Crippen molar-refractivity contribution < 1.29 is 4.42 Å². The molecular weight excluding hydrogens is 452 g/mol. The van der Waals surface area contributed by atoms with E-state index < -0.39 is 0 Å². The fourth-order valence-corrected chi connectivity index (χ4v) is 7.04. The van der Waals surface area contributed by atoms with Crippen molar-refractivity contribution in [3.05, 3.63) is 82.7 Å². The highest BCUT2D eigenvalue weighted by Crippen LogP contribution is 2.56. The monoisotopic (exact) mass is 488 g/mol. The van der Waals surface area contributed by atoms with Crippen molar-refractivity contribution in [2.45, 2.75) is 66.7 Å². The summed E-state index contributed by atoms with van der Waals surface area (Å²) < 4.78 is 6.68. The van der Waals surface area contributed by atoms with E-state index in [1.54, 1.807) is 0 Å². The van der Waals surface area contributed by atoms with Gasteiger partial charge in [-0.1, -0.05) is 77.9 Å². The van der Waals surface area contributed by atoms with Gasteiger partial charge in [-0.3, -0.25) is 4.98 Å². The molecule has 3 heterocycles. The van der Waals surface area contributed by atoms with Crippen molar-refractivity contribution >= 4 is 22.1 Å². The Morgan fingerprint density at radius 3 is 2.22 bits per heavy atom. The van der Waals surface area contributed by atoms with Crippen molar-refractivity contribution in [1.29, 1.82) is 0 Å². The minimum atomic E-state index is -0.150. The van der Waals surface area contributed by atoms with E-state index in [4.69, 9.17) is 14.4 Å². The molecule has 1 aliphatic rings. The zero-order chi connectivity index (χ0) is 26.2. The van der Waals surface area contributed by atoms with Crippen LogP contribution < -0.4 is 0 Å². The van der Waals surface area contributed by atoms with Gasteiger partial charge in [0.05, 0.1) is 11.4 Å². The molecule has 0 saturated heterocycles. The SMILES string of the molecule is Cc1cnc(-c2c(C)ccc3c2oc2nc4c(cc23)-c2ccccc2C4(C(C)C)C(C)C)cc1C(C)C. The molecule has 188 valence electrons. The number of benzene rings is 2. The number of aromatic nitrogens is 2. The Bertz CT molecular complexity index is 1680. The zero-order valence-corrected chi connectivity index (χ0v) is 23.2. The second-order valence-electron chi connectivity index (χ2n) is 11.8. The van der Waals surface area contributed by atoms with Crippen LogP contribution in [-0.4, -0.2) is 9.97 Å². The van der Waals surface area contributed by atoms with Crippen LogP contribution in [0, 0.1) is 25.7 Å². The minimum Gasteiger partial charge on any atom is -0.437 e. The summed E-state index contributed by atoms with van der Waals surface area (Å²) in [7, 11) is 0. The van der Waals surface area contributed by atoms with Crippen molar-refractivity contribution in [3.63, 3.8) is 0 Å². The lowest BCUT2D eigenvalue weighted by molar-refractivity contribution is 0.273. The third kappa shape index (κ3) is 3.19. The molecule has 3 heteroatoms. The van der Waals surface area contributed by atoms with E-state index in [9.17, 15) is 0 Å². The first-order chi connectivity index (χ1) is 17.7. The molecule has 2 aromatic carbocycles. The van der Waals surface area contributed by atoms with Gasteiger partial charge in [-0.15, -0.1) is 0 Å². The summed E-state index contributed by atoms with van der Waals surface area (Å²) in [6, 6.07) is 17.8. The highest BCUT2D eigenvalue weighted by atomic mass is 16.3. The van der Waals surface area contributed by atoms with Gasteiger partial charge in [-0.05, 0) is 71.6 Å². The van der Waals surface area contributed by atoms with E-state index in [0.29, 0.717) is 17.8 Å². The van der Waals surface area contributed by atoms with E-state index in [1.165, 1.54) is 27.8 Å². The highest BCUT2D eigenvalue weighted by molar-refractivity contribution is 6.10. The zero-order valence-electron chi connectivity index (χ0n) is 23.2. The van der Waals surface area contributed by atoms with E-state index in [2.05, 4.69) is 104 Å². The molecular formula is C34H36N2O. The van der Waals surface area contributed by atoms with Crippen LogP contribution in [0.3, 0.4) is 0 Å². The Labute approximate surface area is 220 Å². The molecule has 0 amide bonds. The van der Waals surface area contributed by atoms with Gasteiger partial charge in [-0.2, -0.15) is 0 Å². The maximum Gasteiger partial charge on any atom is 0.227 e. The highest BCUT2D eigenvalue weighted by Gasteiger charge is 2.49. The minimum absolute atomic E-state index is 0.150. The Hall–Kier alpha value is -3.46. The molecule has 0 fully saturated rings. The summed E-state index contributed by atoms with van der Waals surface area (Å²) in [6.07, 6.45) is 1.99. The fourth-order valence-electron chi connectivity index (χ4n) is 7.04. The van der Waals surface area contributed by atoms with Gasteiger partial charge in [0.15, 0.2) is 0 Å². The molecule has 0 radical (unpaired) electrons. The lowest BCUT2D eigenvalue weighted by Gasteiger charge is -2.39. The van der Waals surface area contributed by atoms with Gasteiger partial charge < -0.3 is 4.42 Å². The largest absolute Gasteiger partial charge is 0.437 e. The van der Waals surface area contributed by atoms with E-state index in [-0.39, 0.29) is 5.41 Å². The van der Waals surface area contributed by atoms with Gasteiger partial charge in [0.2, 0.25) is 5.71 Å². The third-order valence-electron chi connectivity index (χ3n) is 8.74. The normalized spacial score (nSPS) is 14.4. The fraction of sp³-hybridized carbons (Fsp3) is 0.353. The summed E-state index contributed by atoms with van der Waals surface area (Å²) in [5.74, 6) is 1.23. The number of fused-ring (bicyclic) bond motifs is 6. The molecule has 5 aromatic rings. The Kier molecular flexibility index (Phi) is 5.35.